The van der Waals surface area contributed by atoms with Gasteiger partial charge in [-0.3, -0.25) is 4.79 Å². The van der Waals surface area contributed by atoms with E-state index >= 15 is 0 Å². The van der Waals surface area contributed by atoms with Crippen LogP contribution in [0.3, 0.4) is 0 Å². The third kappa shape index (κ3) is 21.0. The Kier molecular flexibility index (Phi) is 19.9. The summed E-state index contributed by atoms with van der Waals surface area (Å²) in [6, 6.07) is 0. The smallest absolute Gasteiger partial charge is 0.305 e. The van der Waals surface area contributed by atoms with Crippen molar-refractivity contribution in [1.29, 1.82) is 0 Å². The van der Waals surface area contributed by atoms with Gasteiger partial charge in [0.15, 0.2) is 0 Å². The summed E-state index contributed by atoms with van der Waals surface area (Å²) in [5.74, 6) is -0.342. The Hall–Kier alpha value is -1.99. The topological polar surface area (TPSA) is 107 Å². The van der Waals surface area contributed by atoms with Crippen LogP contribution in [0.1, 0.15) is 58.3 Å². The van der Waals surface area contributed by atoms with Crippen LogP contribution in [-0.4, -0.2) is 57.9 Å². The molecule has 31 heavy (non-hydrogen) atoms. The molecule has 0 bridgehead atoms. The van der Waals surface area contributed by atoms with E-state index in [0.29, 0.717) is 19.3 Å². The van der Waals surface area contributed by atoms with E-state index in [9.17, 15) is 15.0 Å². The third-order valence-corrected chi connectivity index (χ3v) is 4.29. The van der Waals surface area contributed by atoms with Crippen LogP contribution in [0.15, 0.2) is 60.8 Å². The molecule has 0 rings (SSSR count). The molecule has 0 aromatic carbocycles. The summed E-state index contributed by atoms with van der Waals surface area (Å²) in [4.78, 5) is 11.4. The van der Waals surface area contributed by atoms with Crippen LogP contribution in [0.4, 0.5) is 0 Å². The van der Waals surface area contributed by atoms with Gasteiger partial charge in [-0.2, -0.15) is 0 Å². The minimum atomic E-state index is -1.000. The number of hydrogen-bond acceptors (Lipinski definition) is 6. The number of hydrogen-bond donors (Lipinski definition) is 4. The van der Waals surface area contributed by atoms with Crippen LogP contribution >= 0.6 is 0 Å². The van der Waals surface area contributed by atoms with Crippen LogP contribution in [-0.2, 0) is 9.53 Å². The first-order valence-corrected chi connectivity index (χ1v) is 11.1. The van der Waals surface area contributed by atoms with Gasteiger partial charge in [0.25, 0.3) is 0 Å². The Morgan fingerprint density at radius 1 is 0.871 bits per heavy atom. The Bertz CT molecular complexity index is 577. The molecule has 0 aliphatic rings. The molecule has 0 aromatic heterocycles. The molecule has 0 amide bonds. The summed E-state index contributed by atoms with van der Waals surface area (Å²) in [6.45, 7) is 1.35. The highest BCUT2D eigenvalue weighted by molar-refractivity contribution is 5.69. The van der Waals surface area contributed by atoms with E-state index in [0.717, 1.165) is 32.1 Å². The quantitative estimate of drug-likeness (QED) is 0.113. The average molecular weight is 437 g/mol. The maximum Gasteiger partial charge on any atom is 0.305 e. The van der Waals surface area contributed by atoms with Crippen molar-refractivity contribution in [2.75, 3.05) is 13.2 Å². The Morgan fingerprint density at radius 3 is 2.29 bits per heavy atom. The molecule has 0 aromatic rings. The third-order valence-electron chi connectivity index (χ3n) is 4.29. The highest BCUT2D eigenvalue weighted by Crippen LogP contribution is 2.05. The van der Waals surface area contributed by atoms with Gasteiger partial charge in [-0.15, -0.1) is 0 Å². The zero-order chi connectivity index (χ0) is 23.2. The maximum absolute atomic E-state index is 11.4. The lowest BCUT2D eigenvalue weighted by Gasteiger charge is -2.08. The number of rotatable bonds is 18. The molecule has 0 spiro atoms. The van der Waals surface area contributed by atoms with E-state index in [1.165, 1.54) is 0 Å². The molecule has 0 aliphatic heterocycles. The number of ether oxygens (including phenoxy) is 1. The van der Waals surface area contributed by atoms with E-state index in [1.807, 2.05) is 37.3 Å². The van der Waals surface area contributed by atoms with Crippen molar-refractivity contribution in [3.05, 3.63) is 60.8 Å². The van der Waals surface area contributed by atoms with Gasteiger partial charge in [0.2, 0.25) is 0 Å². The molecular weight excluding hydrogens is 396 g/mol. The predicted octanol–water partition coefficient (Wildman–Crippen LogP) is 3.53. The van der Waals surface area contributed by atoms with Crippen LogP contribution in [0.25, 0.3) is 0 Å². The first-order chi connectivity index (χ1) is 15.0. The van der Waals surface area contributed by atoms with Crippen molar-refractivity contribution in [1.82, 2.24) is 0 Å². The van der Waals surface area contributed by atoms with Gasteiger partial charge in [-0.1, -0.05) is 74.1 Å². The number of esters is 1. The second-order valence-corrected chi connectivity index (χ2v) is 7.23. The molecule has 6 nitrogen and oxygen atoms in total. The molecule has 0 saturated heterocycles. The van der Waals surface area contributed by atoms with Gasteiger partial charge < -0.3 is 25.2 Å². The number of carbonyl (C=O) groups is 1. The summed E-state index contributed by atoms with van der Waals surface area (Å²) in [6.07, 6.45) is 23.0. The number of aliphatic hydroxyl groups excluding tert-OH is 4. The monoisotopic (exact) mass is 436 g/mol. The van der Waals surface area contributed by atoms with Gasteiger partial charge in [0, 0.05) is 6.42 Å². The zero-order valence-electron chi connectivity index (χ0n) is 18.7. The van der Waals surface area contributed by atoms with Gasteiger partial charge in [0.1, 0.15) is 12.7 Å². The van der Waals surface area contributed by atoms with Crippen molar-refractivity contribution < 1.29 is 30.0 Å². The first-order valence-electron chi connectivity index (χ1n) is 11.1. The van der Waals surface area contributed by atoms with Crippen molar-refractivity contribution >= 4 is 5.97 Å². The Labute approximate surface area is 187 Å². The predicted molar refractivity (Wildman–Crippen MR) is 124 cm³/mol. The van der Waals surface area contributed by atoms with Crippen molar-refractivity contribution in [3.8, 4) is 0 Å². The second kappa shape index (κ2) is 21.2. The highest BCUT2D eigenvalue weighted by atomic mass is 16.5. The molecule has 0 fully saturated rings. The van der Waals surface area contributed by atoms with Crippen molar-refractivity contribution in [2.45, 2.75) is 76.6 Å². The van der Waals surface area contributed by atoms with Crippen LogP contribution < -0.4 is 0 Å². The fraction of sp³-hybridized carbons (Fsp3) is 0.560. The highest BCUT2D eigenvalue weighted by Gasteiger charge is 2.07. The SMILES string of the molecule is CCC(O)C=CC=CCC(O)C=CC=CCC=CCCCCCC(=O)OCC(O)CO. The molecule has 6 heteroatoms. The van der Waals surface area contributed by atoms with Gasteiger partial charge in [-0.25, -0.2) is 0 Å². The van der Waals surface area contributed by atoms with Crippen LogP contribution in [0.5, 0.6) is 0 Å². The first kappa shape index (κ1) is 29.0. The maximum atomic E-state index is 11.4. The largest absolute Gasteiger partial charge is 0.463 e. The lowest BCUT2D eigenvalue weighted by atomic mass is 10.1. The molecule has 4 N–H and O–H groups in total. The number of carbonyl (C=O) groups excluding carboxylic acids is 1. The molecular formula is C25H40O6. The summed E-state index contributed by atoms with van der Waals surface area (Å²) in [7, 11) is 0. The normalized spacial score (nSPS) is 15.6. The Morgan fingerprint density at radius 2 is 1.58 bits per heavy atom. The van der Waals surface area contributed by atoms with Crippen molar-refractivity contribution in [3.63, 3.8) is 0 Å². The molecule has 0 heterocycles. The van der Waals surface area contributed by atoms with Crippen LogP contribution in [0, 0.1) is 0 Å². The van der Waals surface area contributed by atoms with Gasteiger partial charge in [0.05, 0.1) is 18.8 Å². The van der Waals surface area contributed by atoms with E-state index < -0.39 is 24.9 Å². The van der Waals surface area contributed by atoms with E-state index in [1.54, 1.807) is 18.2 Å². The summed E-state index contributed by atoms with van der Waals surface area (Å²) < 4.78 is 4.84. The lowest BCUT2D eigenvalue weighted by Crippen LogP contribution is -2.21. The molecule has 176 valence electrons. The molecule has 3 unspecified atom stereocenters. The fourth-order valence-electron chi connectivity index (χ4n) is 2.37. The van der Waals surface area contributed by atoms with Crippen molar-refractivity contribution in [2.24, 2.45) is 0 Å². The number of allylic oxidation sites excluding steroid dienone is 7. The molecule has 0 aliphatic carbocycles. The second-order valence-electron chi connectivity index (χ2n) is 7.23. The lowest BCUT2D eigenvalue weighted by molar-refractivity contribution is -0.147. The van der Waals surface area contributed by atoms with Gasteiger partial charge in [-0.05, 0) is 38.5 Å². The average Bonchev–Trinajstić information content (AvgIpc) is 2.77. The minimum absolute atomic E-state index is 0.153. The van der Waals surface area contributed by atoms with E-state index in [4.69, 9.17) is 14.9 Å². The van der Waals surface area contributed by atoms with Crippen LogP contribution in [0.2, 0.25) is 0 Å². The number of aliphatic hydroxyl groups is 4. The minimum Gasteiger partial charge on any atom is -0.463 e. The summed E-state index contributed by atoms with van der Waals surface area (Å²) >= 11 is 0. The standard InChI is InChI=1S/C25H40O6/c1-2-22(27)16-13-11-14-18-23(28)17-12-9-7-5-3-4-6-8-10-15-19-25(30)31-21-24(29)20-26/h3-4,7,9,11-14,16-17,22-24,26-29H,2,5-6,8,10,15,18-21H2,1H3. The number of unbranched alkanes of at least 4 members (excludes halogenated alkanes) is 3. The fourth-order valence-corrected chi connectivity index (χ4v) is 2.37. The summed E-state index contributed by atoms with van der Waals surface area (Å²) in [5, 5.41) is 36.9. The zero-order valence-corrected chi connectivity index (χ0v) is 18.7. The Balaban J connectivity index is 3.68. The molecule has 0 radical (unpaired) electrons. The summed E-state index contributed by atoms with van der Waals surface area (Å²) in [5.41, 5.74) is 0. The van der Waals surface area contributed by atoms with E-state index in [2.05, 4.69) is 12.2 Å². The van der Waals surface area contributed by atoms with Gasteiger partial charge >= 0.3 is 5.97 Å². The molecule has 3 atom stereocenters. The molecule has 0 saturated carbocycles. The van der Waals surface area contributed by atoms with E-state index in [-0.39, 0.29) is 12.6 Å².